The lowest BCUT2D eigenvalue weighted by molar-refractivity contribution is 1.18. The van der Waals surface area contributed by atoms with Crippen molar-refractivity contribution in [3.05, 3.63) is 186 Å². The molecule has 0 amide bonds. The molecule has 0 atom stereocenters. The Bertz CT molecular complexity index is 3520. The van der Waals surface area contributed by atoms with Gasteiger partial charge in [-0.3, -0.25) is 9.20 Å². The summed E-state index contributed by atoms with van der Waals surface area (Å²) in [5, 5.41) is 9.57. The molecule has 0 aliphatic heterocycles. The Morgan fingerprint density at radius 1 is 0.321 bits per heavy atom. The number of para-hydroxylation sites is 4. The predicted molar refractivity (Wildman–Crippen MR) is 221 cm³/mol. The highest BCUT2D eigenvalue weighted by Crippen LogP contribution is 2.45. The van der Waals surface area contributed by atoms with Crippen LogP contribution in [0.15, 0.2) is 181 Å². The Morgan fingerprint density at radius 3 is 1.66 bits per heavy atom. The molecule has 4 aromatic heterocycles. The Hall–Kier alpha value is -7.17. The average Bonchev–Trinajstić information content (AvgIpc) is 3.85. The van der Waals surface area contributed by atoms with Gasteiger partial charge in [0.2, 0.25) is 0 Å². The Kier molecular flexibility index (Phi) is 5.62. The van der Waals surface area contributed by atoms with Gasteiger partial charge in [-0.05, 0) is 77.2 Å². The van der Waals surface area contributed by atoms with Crippen LogP contribution in [0.3, 0.4) is 0 Å². The Labute approximate surface area is 302 Å². The second kappa shape index (κ2) is 10.4. The van der Waals surface area contributed by atoms with Gasteiger partial charge in [0, 0.05) is 49.1 Å². The topological polar surface area (TPSA) is 31.3 Å². The fourth-order valence-corrected chi connectivity index (χ4v) is 9.15. The standard InChI is InChI=1S/C49H29N3O/c53-49-40-29-44-37(34-20-7-10-23-41(34)51(44)33-19-13-16-31(26-33)30-14-3-1-4-15-30)27-38(40)47-46-36-22-9-12-25-43(36)50(32-17-5-2-6-18-32)45(46)28-39-35-21-8-11-24-42(35)52(49)48(39)47/h1-29H. The minimum absolute atomic E-state index is 0.00147. The van der Waals surface area contributed by atoms with Crippen LogP contribution in [0.2, 0.25) is 0 Å². The molecule has 0 saturated heterocycles. The third-order valence-electron chi connectivity index (χ3n) is 11.3. The van der Waals surface area contributed by atoms with E-state index in [0.29, 0.717) is 5.39 Å². The molecular weight excluding hydrogens is 647 g/mol. The van der Waals surface area contributed by atoms with E-state index >= 15 is 4.79 Å². The Balaban J connectivity index is 1.31. The first-order valence-corrected chi connectivity index (χ1v) is 18.1. The smallest absolute Gasteiger partial charge is 0.263 e. The van der Waals surface area contributed by atoms with Crippen LogP contribution in [-0.2, 0) is 0 Å². The highest BCUT2D eigenvalue weighted by atomic mass is 16.1. The van der Waals surface area contributed by atoms with Crippen LogP contribution in [0, 0.1) is 0 Å². The van der Waals surface area contributed by atoms with Crippen molar-refractivity contribution < 1.29 is 0 Å². The highest BCUT2D eigenvalue weighted by Gasteiger charge is 2.25. The van der Waals surface area contributed by atoms with Crippen molar-refractivity contribution in [3.63, 3.8) is 0 Å². The molecule has 0 saturated carbocycles. The van der Waals surface area contributed by atoms with E-state index in [2.05, 4.69) is 173 Å². The second-order valence-electron chi connectivity index (χ2n) is 14.1. The van der Waals surface area contributed by atoms with E-state index in [4.69, 9.17) is 0 Å². The van der Waals surface area contributed by atoms with Gasteiger partial charge in [-0.15, -0.1) is 0 Å². The number of benzene rings is 8. The van der Waals surface area contributed by atoms with Gasteiger partial charge in [-0.25, -0.2) is 0 Å². The molecule has 12 rings (SSSR count). The molecule has 0 spiro atoms. The van der Waals surface area contributed by atoms with Gasteiger partial charge in [0.1, 0.15) is 0 Å². The first-order chi connectivity index (χ1) is 26.2. The molecule has 0 bridgehead atoms. The SMILES string of the molecule is O=c1c2cc3c(cc2c2c4c5ccccc5n(-c5ccccc5)c4cc4c5ccccc5n1c42)c1ccccc1n3-c1cccc(-c2ccccc2)c1. The molecule has 0 N–H and O–H groups in total. The van der Waals surface area contributed by atoms with Crippen LogP contribution < -0.4 is 5.56 Å². The molecule has 0 aliphatic carbocycles. The van der Waals surface area contributed by atoms with Crippen molar-refractivity contribution in [3.8, 4) is 22.5 Å². The van der Waals surface area contributed by atoms with E-state index in [0.717, 1.165) is 87.7 Å². The first kappa shape index (κ1) is 28.5. The van der Waals surface area contributed by atoms with Crippen molar-refractivity contribution in [1.29, 1.82) is 0 Å². The van der Waals surface area contributed by atoms with E-state index in [1.54, 1.807) is 0 Å². The van der Waals surface area contributed by atoms with Gasteiger partial charge < -0.3 is 9.13 Å². The third kappa shape index (κ3) is 3.76. The zero-order valence-corrected chi connectivity index (χ0v) is 28.5. The van der Waals surface area contributed by atoms with Crippen LogP contribution >= 0.6 is 0 Å². The number of pyridine rings is 1. The molecule has 0 radical (unpaired) electrons. The quantitative estimate of drug-likeness (QED) is 0.172. The van der Waals surface area contributed by atoms with Gasteiger partial charge >= 0.3 is 0 Å². The van der Waals surface area contributed by atoms with Gasteiger partial charge in [0.25, 0.3) is 5.56 Å². The number of nitrogens with zero attached hydrogens (tertiary/aromatic N) is 3. The summed E-state index contributed by atoms with van der Waals surface area (Å²) in [6, 6.07) is 62.2. The Morgan fingerprint density at radius 2 is 0.887 bits per heavy atom. The largest absolute Gasteiger partial charge is 0.309 e. The normalized spacial score (nSPS) is 12.2. The minimum atomic E-state index is 0.00147. The summed E-state index contributed by atoms with van der Waals surface area (Å²) in [6.07, 6.45) is 0. The summed E-state index contributed by atoms with van der Waals surface area (Å²) >= 11 is 0. The van der Waals surface area contributed by atoms with Crippen LogP contribution in [0.5, 0.6) is 0 Å². The van der Waals surface area contributed by atoms with Crippen LogP contribution in [0.1, 0.15) is 0 Å². The van der Waals surface area contributed by atoms with E-state index < -0.39 is 0 Å². The number of aromatic nitrogens is 3. The maximum atomic E-state index is 15.1. The summed E-state index contributed by atoms with van der Waals surface area (Å²) in [5.74, 6) is 0. The third-order valence-corrected chi connectivity index (χ3v) is 11.3. The van der Waals surface area contributed by atoms with E-state index in [-0.39, 0.29) is 5.56 Å². The van der Waals surface area contributed by atoms with Crippen molar-refractivity contribution in [2.24, 2.45) is 0 Å². The average molecular weight is 676 g/mol. The lowest BCUT2D eigenvalue weighted by Gasteiger charge is -2.12. The molecule has 0 unspecified atom stereocenters. The maximum absolute atomic E-state index is 15.1. The summed E-state index contributed by atoms with van der Waals surface area (Å²) in [7, 11) is 0. The lowest BCUT2D eigenvalue weighted by atomic mass is 9.97. The number of rotatable bonds is 3. The van der Waals surface area contributed by atoms with Crippen LogP contribution in [0.4, 0.5) is 0 Å². The maximum Gasteiger partial charge on any atom is 0.263 e. The monoisotopic (exact) mass is 675 g/mol. The van der Waals surface area contributed by atoms with Gasteiger partial charge in [-0.1, -0.05) is 115 Å². The zero-order valence-electron chi connectivity index (χ0n) is 28.5. The van der Waals surface area contributed by atoms with E-state index in [1.165, 1.54) is 10.9 Å². The molecular formula is C49H29N3O. The molecule has 4 nitrogen and oxygen atoms in total. The van der Waals surface area contributed by atoms with Crippen molar-refractivity contribution in [2.45, 2.75) is 0 Å². The molecule has 4 heteroatoms. The summed E-state index contributed by atoms with van der Waals surface area (Å²) in [4.78, 5) is 15.1. The van der Waals surface area contributed by atoms with Crippen molar-refractivity contribution >= 4 is 81.6 Å². The van der Waals surface area contributed by atoms with Crippen molar-refractivity contribution in [2.75, 3.05) is 0 Å². The predicted octanol–water partition coefficient (Wildman–Crippen LogP) is 12.1. The molecule has 0 fully saturated rings. The summed E-state index contributed by atoms with van der Waals surface area (Å²) in [6.45, 7) is 0. The number of fused-ring (bicyclic) bond motifs is 12. The summed E-state index contributed by atoms with van der Waals surface area (Å²) < 4.78 is 6.68. The van der Waals surface area contributed by atoms with E-state index in [1.807, 2.05) is 16.5 Å². The zero-order chi connectivity index (χ0) is 34.8. The van der Waals surface area contributed by atoms with Crippen LogP contribution in [-0.4, -0.2) is 13.5 Å². The lowest BCUT2D eigenvalue weighted by Crippen LogP contribution is -2.13. The minimum Gasteiger partial charge on any atom is -0.309 e. The van der Waals surface area contributed by atoms with Crippen molar-refractivity contribution in [1.82, 2.24) is 13.5 Å². The molecule has 4 heterocycles. The molecule has 246 valence electrons. The second-order valence-corrected chi connectivity index (χ2v) is 14.1. The van der Waals surface area contributed by atoms with Gasteiger partial charge in [0.15, 0.2) is 0 Å². The highest BCUT2D eigenvalue weighted by molar-refractivity contribution is 6.35. The van der Waals surface area contributed by atoms with Gasteiger partial charge in [-0.2, -0.15) is 0 Å². The summed E-state index contributed by atoms with van der Waals surface area (Å²) in [5.41, 5.74) is 10.8. The molecule has 8 aromatic carbocycles. The van der Waals surface area contributed by atoms with E-state index in [9.17, 15) is 0 Å². The number of hydrogen-bond acceptors (Lipinski definition) is 1. The van der Waals surface area contributed by atoms with Crippen LogP contribution in [0.25, 0.3) is 104 Å². The first-order valence-electron chi connectivity index (χ1n) is 18.1. The fraction of sp³-hybridized carbons (Fsp3) is 0. The number of hydrogen-bond donors (Lipinski definition) is 0. The fourth-order valence-electron chi connectivity index (χ4n) is 9.15. The molecule has 12 aromatic rings. The molecule has 0 aliphatic rings. The van der Waals surface area contributed by atoms with Gasteiger partial charge in [0.05, 0.1) is 38.5 Å². The molecule has 53 heavy (non-hydrogen) atoms.